The topological polar surface area (TPSA) is 130 Å². The molecule has 2 N–H and O–H groups in total. The Kier molecular flexibility index (Phi) is 5.02. The van der Waals surface area contributed by atoms with Crippen LogP contribution in [0.4, 0.5) is 5.69 Å². The molecule has 0 aliphatic heterocycles. The fourth-order valence-corrected chi connectivity index (χ4v) is 2.43. The molecule has 0 saturated heterocycles. The van der Waals surface area contributed by atoms with Gasteiger partial charge in [-0.2, -0.15) is 0 Å². The number of sulfonamides is 1. The SMILES string of the molecule is CCC(C)OC(=O)c1cc([N+](=O)[O-])c(C)c(S(N)(=O)=O)c1. The lowest BCUT2D eigenvalue weighted by molar-refractivity contribution is -0.385. The average Bonchev–Trinajstić information content (AvgIpc) is 2.36. The number of hydrogen-bond acceptors (Lipinski definition) is 6. The van der Waals surface area contributed by atoms with Crippen LogP contribution >= 0.6 is 0 Å². The van der Waals surface area contributed by atoms with Crippen molar-refractivity contribution in [3.8, 4) is 0 Å². The minimum atomic E-state index is -4.19. The van der Waals surface area contributed by atoms with Crippen molar-refractivity contribution in [2.24, 2.45) is 5.14 Å². The highest BCUT2D eigenvalue weighted by molar-refractivity contribution is 7.89. The lowest BCUT2D eigenvalue weighted by atomic mass is 10.1. The second-order valence-electron chi connectivity index (χ2n) is 4.54. The van der Waals surface area contributed by atoms with Crippen LogP contribution in [0.3, 0.4) is 0 Å². The summed E-state index contributed by atoms with van der Waals surface area (Å²) in [5.41, 5.74) is -0.850. The average molecular weight is 316 g/mol. The first-order chi connectivity index (χ1) is 9.57. The molecule has 9 heteroatoms. The third-order valence-electron chi connectivity index (χ3n) is 2.95. The molecule has 0 radical (unpaired) electrons. The maximum Gasteiger partial charge on any atom is 0.338 e. The van der Waals surface area contributed by atoms with Gasteiger partial charge in [-0.15, -0.1) is 0 Å². The Labute approximate surface area is 122 Å². The van der Waals surface area contributed by atoms with Gasteiger partial charge in [-0.25, -0.2) is 18.4 Å². The van der Waals surface area contributed by atoms with Gasteiger partial charge in [0.05, 0.1) is 21.5 Å². The molecule has 0 aliphatic carbocycles. The maximum atomic E-state index is 11.9. The smallest absolute Gasteiger partial charge is 0.338 e. The minimum absolute atomic E-state index is 0.123. The van der Waals surface area contributed by atoms with Crippen LogP contribution < -0.4 is 5.14 Å². The molecule has 0 heterocycles. The highest BCUT2D eigenvalue weighted by Crippen LogP contribution is 2.27. The van der Waals surface area contributed by atoms with Crippen LogP contribution in [-0.2, 0) is 14.8 Å². The summed E-state index contributed by atoms with van der Waals surface area (Å²) in [7, 11) is -4.19. The summed E-state index contributed by atoms with van der Waals surface area (Å²) in [6, 6.07) is 1.97. The van der Waals surface area contributed by atoms with Crippen LogP contribution in [0.15, 0.2) is 17.0 Å². The van der Waals surface area contributed by atoms with Gasteiger partial charge in [0, 0.05) is 11.6 Å². The monoisotopic (exact) mass is 316 g/mol. The zero-order valence-electron chi connectivity index (χ0n) is 11.8. The van der Waals surface area contributed by atoms with Crippen LogP contribution in [0, 0.1) is 17.0 Å². The fourth-order valence-electron chi connectivity index (χ4n) is 1.61. The number of ether oxygens (including phenoxy) is 1. The first-order valence-electron chi connectivity index (χ1n) is 6.10. The van der Waals surface area contributed by atoms with E-state index in [1.807, 2.05) is 0 Å². The molecular formula is C12H16N2O6S. The summed E-state index contributed by atoms with van der Waals surface area (Å²) >= 11 is 0. The van der Waals surface area contributed by atoms with E-state index < -0.39 is 37.6 Å². The number of benzene rings is 1. The standard InChI is InChI=1S/C12H16N2O6S/c1-4-7(2)20-12(15)9-5-10(14(16)17)8(3)11(6-9)21(13,18)19/h5-7H,4H2,1-3H3,(H2,13,18,19). The molecule has 0 aromatic heterocycles. The molecule has 0 fully saturated rings. The number of carbonyl (C=O) groups is 1. The van der Waals surface area contributed by atoms with Crippen LogP contribution in [0.2, 0.25) is 0 Å². The van der Waals surface area contributed by atoms with Gasteiger partial charge in [-0.05, 0) is 26.3 Å². The highest BCUT2D eigenvalue weighted by Gasteiger charge is 2.25. The molecule has 1 unspecified atom stereocenters. The summed E-state index contributed by atoms with van der Waals surface area (Å²) in [5, 5.41) is 16.0. The molecule has 0 bridgehead atoms. The molecule has 0 aliphatic rings. The highest BCUT2D eigenvalue weighted by atomic mass is 32.2. The van der Waals surface area contributed by atoms with E-state index in [1.165, 1.54) is 6.92 Å². The van der Waals surface area contributed by atoms with E-state index in [0.717, 1.165) is 12.1 Å². The number of esters is 1. The predicted octanol–water partition coefficient (Wildman–Crippen LogP) is 1.51. The van der Waals surface area contributed by atoms with Crippen molar-refractivity contribution in [2.75, 3.05) is 0 Å². The van der Waals surface area contributed by atoms with Gasteiger partial charge in [0.15, 0.2) is 0 Å². The van der Waals surface area contributed by atoms with E-state index in [2.05, 4.69) is 0 Å². The molecule has 1 rings (SSSR count). The number of rotatable bonds is 5. The molecule has 1 aromatic carbocycles. The molecular weight excluding hydrogens is 300 g/mol. The molecule has 21 heavy (non-hydrogen) atoms. The van der Waals surface area contributed by atoms with Gasteiger partial charge >= 0.3 is 5.97 Å². The Morgan fingerprint density at radius 2 is 2.05 bits per heavy atom. The van der Waals surface area contributed by atoms with Crippen molar-refractivity contribution >= 4 is 21.7 Å². The number of hydrogen-bond donors (Lipinski definition) is 1. The predicted molar refractivity (Wildman–Crippen MR) is 74.4 cm³/mol. The molecule has 8 nitrogen and oxygen atoms in total. The Bertz CT molecular complexity index is 683. The first kappa shape index (κ1) is 17.1. The van der Waals surface area contributed by atoms with Crippen molar-refractivity contribution in [1.29, 1.82) is 0 Å². The number of carbonyl (C=O) groups excluding carboxylic acids is 1. The summed E-state index contributed by atoms with van der Waals surface area (Å²) in [5.74, 6) is -0.836. The van der Waals surface area contributed by atoms with E-state index in [4.69, 9.17) is 9.88 Å². The molecule has 0 saturated carbocycles. The molecule has 0 amide bonds. The van der Waals surface area contributed by atoms with Gasteiger partial charge in [0.2, 0.25) is 10.0 Å². The minimum Gasteiger partial charge on any atom is -0.459 e. The van der Waals surface area contributed by atoms with Crippen LogP contribution in [0.1, 0.15) is 36.2 Å². The Hall–Kier alpha value is -2.00. The van der Waals surface area contributed by atoms with E-state index in [-0.39, 0.29) is 11.1 Å². The number of nitrogens with zero attached hydrogens (tertiary/aromatic N) is 1. The van der Waals surface area contributed by atoms with E-state index in [0.29, 0.717) is 6.42 Å². The van der Waals surface area contributed by atoms with Crippen LogP contribution in [-0.4, -0.2) is 25.4 Å². The van der Waals surface area contributed by atoms with E-state index >= 15 is 0 Å². The normalized spacial score (nSPS) is 12.8. The third kappa shape index (κ3) is 3.99. The van der Waals surface area contributed by atoms with Crippen LogP contribution in [0.5, 0.6) is 0 Å². The molecule has 1 atom stereocenters. The van der Waals surface area contributed by atoms with Crippen molar-refractivity contribution in [2.45, 2.75) is 38.2 Å². The second-order valence-corrected chi connectivity index (χ2v) is 6.07. The Morgan fingerprint density at radius 1 is 1.48 bits per heavy atom. The zero-order valence-corrected chi connectivity index (χ0v) is 12.6. The van der Waals surface area contributed by atoms with Crippen molar-refractivity contribution in [3.05, 3.63) is 33.4 Å². The number of primary sulfonamides is 1. The largest absolute Gasteiger partial charge is 0.459 e. The van der Waals surface area contributed by atoms with E-state index in [1.54, 1.807) is 13.8 Å². The zero-order chi connectivity index (χ0) is 16.4. The molecule has 116 valence electrons. The number of nitrogens with two attached hydrogens (primary N) is 1. The number of nitro benzene ring substituents is 1. The quantitative estimate of drug-likeness (QED) is 0.498. The second kappa shape index (κ2) is 6.19. The molecule has 0 spiro atoms. The Morgan fingerprint density at radius 3 is 2.48 bits per heavy atom. The van der Waals surface area contributed by atoms with Gasteiger partial charge in [0.1, 0.15) is 0 Å². The van der Waals surface area contributed by atoms with Gasteiger partial charge in [0.25, 0.3) is 5.69 Å². The van der Waals surface area contributed by atoms with Crippen LogP contribution in [0.25, 0.3) is 0 Å². The summed E-state index contributed by atoms with van der Waals surface area (Å²) in [6.07, 6.45) is 0.164. The Balaban J connectivity index is 3.45. The summed E-state index contributed by atoms with van der Waals surface area (Å²) < 4.78 is 28.0. The third-order valence-corrected chi connectivity index (χ3v) is 3.99. The fraction of sp³-hybridized carbons (Fsp3) is 0.417. The lowest BCUT2D eigenvalue weighted by Crippen LogP contribution is -2.18. The van der Waals surface area contributed by atoms with Gasteiger partial charge < -0.3 is 4.74 Å². The maximum absolute atomic E-state index is 11.9. The first-order valence-corrected chi connectivity index (χ1v) is 7.65. The van der Waals surface area contributed by atoms with Gasteiger partial charge in [-0.1, -0.05) is 6.92 Å². The number of nitro groups is 1. The molecule has 1 aromatic rings. The van der Waals surface area contributed by atoms with Crippen molar-refractivity contribution in [3.63, 3.8) is 0 Å². The summed E-state index contributed by atoms with van der Waals surface area (Å²) in [4.78, 5) is 21.6. The van der Waals surface area contributed by atoms with Gasteiger partial charge in [-0.3, -0.25) is 10.1 Å². The lowest BCUT2D eigenvalue weighted by Gasteiger charge is -2.12. The summed E-state index contributed by atoms with van der Waals surface area (Å²) in [6.45, 7) is 4.70. The van der Waals surface area contributed by atoms with Crippen molar-refractivity contribution in [1.82, 2.24) is 0 Å². The van der Waals surface area contributed by atoms with Crippen molar-refractivity contribution < 1.29 is 22.9 Å². The van der Waals surface area contributed by atoms with E-state index in [9.17, 15) is 23.3 Å².